The molecular weight excluding hydrogens is 230 g/mol. The van der Waals surface area contributed by atoms with E-state index in [1.807, 2.05) is 13.1 Å². The van der Waals surface area contributed by atoms with Crippen LogP contribution in [-0.2, 0) is 6.54 Å². The van der Waals surface area contributed by atoms with Gasteiger partial charge in [0.25, 0.3) is 0 Å². The number of nitrogens with zero attached hydrogens (tertiary/aromatic N) is 2. The van der Waals surface area contributed by atoms with Crippen molar-refractivity contribution >= 4 is 11.8 Å². The van der Waals surface area contributed by atoms with Crippen LogP contribution in [0.15, 0.2) is 46.7 Å². The molecule has 1 aromatic carbocycles. The van der Waals surface area contributed by atoms with E-state index in [1.54, 1.807) is 24.3 Å². The van der Waals surface area contributed by atoms with Crippen molar-refractivity contribution in [1.29, 1.82) is 0 Å². The molecule has 0 bridgehead atoms. The third-order valence-electron chi connectivity index (χ3n) is 2.39. The van der Waals surface area contributed by atoms with Crippen molar-refractivity contribution in [2.75, 3.05) is 7.05 Å². The highest BCUT2D eigenvalue weighted by molar-refractivity contribution is 7.99. The Morgan fingerprint density at radius 1 is 1.29 bits per heavy atom. The van der Waals surface area contributed by atoms with E-state index in [0.29, 0.717) is 0 Å². The summed E-state index contributed by atoms with van der Waals surface area (Å²) in [6.07, 6.45) is 3.34. The Kier molecular flexibility index (Phi) is 4.12. The quantitative estimate of drug-likeness (QED) is 0.840. The average Bonchev–Trinajstić information content (AvgIpc) is 2.34. The lowest BCUT2D eigenvalue weighted by molar-refractivity contribution is 0.815. The molecule has 1 aromatic heterocycles. The van der Waals surface area contributed by atoms with Crippen LogP contribution in [0.3, 0.4) is 0 Å². The summed E-state index contributed by atoms with van der Waals surface area (Å²) in [6.45, 7) is 3.03. The second kappa shape index (κ2) is 5.80. The van der Waals surface area contributed by atoms with Gasteiger partial charge in [-0.3, -0.25) is 0 Å². The fourth-order valence-corrected chi connectivity index (χ4v) is 2.40. The topological polar surface area (TPSA) is 37.8 Å². The second-order valence-corrected chi connectivity index (χ2v) is 4.84. The number of hydrogen-bond donors (Lipinski definition) is 1. The molecule has 0 saturated carbocycles. The van der Waals surface area contributed by atoms with E-state index in [2.05, 4.69) is 40.4 Å². The summed E-state index contributed by atoms with van der Waals surface area (Å²) < 4.78 is 0. The predicted octanol–water partition coefficient (Wildman–Crippen LogP) is 2.66. The van der Waals surface area contributed by atoms with Gasteiger partial charge in [0.15, 0.2) is 0 Å². The molecule has 88 valence electrons. The molecule has 1 N–H and O–H groups in total. The predicted molar refractivity (Wildman–Crippen MR) is 70.1 cm³/mol. The highest BCUT2D eigenvalue weighted by Gasteiger charge is 2.03. The van der Waals surface area contributed by atoms with Crippen molar-refractivity contribution in [3.63, 3.8) is 0 Å². The highest BCUT2D eigenvalue weighted by Crippen LogP contribution is 2.28. The zero-order valence-corrected chi connectivity index (χ0v) is 10.8. The molecule has 0 atom stereocenters. The number of aromatic nitrogens is 2. The van der Waals surface area contributed by atoms with E-state index < -0.39 is 0 Å². The van der Waals surface area contributed by atoms with Crippen LogP contribution < -0.4 is 5.32 Å². The molecule has 2 aromatic rings. The molecule has 17 heavy (non-hydrogen) atoms. The van der Waals surface area contributed by atoms with Crippen LogP contribution in [-0.4, -0.2) is 17.0 Å². The van der Waals surface area contributed by atoms with Gasteiger partial charge in [0.1, 0.15) is 11.4 Å². The molecule has 0 spiro atoms. The first-order chi connectivity index (χ1) is 8.29. The first-order valence-electron chi connectivity index (χ1n) is 5.47. The number of benzene rings is 1. The molecule has 0 radical (unpaired) electrons. The van der Waals surface area contributed by atoms with E-state index in [1.165, 1.54) is 16.0 Å². The Morgan fingerprint density at radius 2 is 2.18 bits per heavy atom. The lowest BCUT2D eigenvalue weighted by Crippen LogP contribution is -2.05. The first-order valence-corrected chi connectivity index (χ1v) is 6.29. The van der Waals surface area contributed by atoms with Gasteiger partial charge in [0, 0.05) is 17.6 Å². The Morgan fingerprint density at radius 3 is 2.82 bits per heavy atom. The Hall–Kier alpha value is -1.39. The fraction of sp³-hybridized carbons (Fsp3) is 0.231. The van der Waals surface area contributed by atoms with Crippen molar-refractivity contribution in [3.05, 3.63) is 47.9 Å². The van der Waals surface area contributed by atoms with Crippen LogP contribution in [0.1, 0.15) is 11.1 Å². The summed E-state index contributed by atoms with van der Waals surface area (Å²) in [4.78, 5) is 9.37. The number of rotatable bonds is 4. The maximum Gasteiger partial charge on any atom is 0.116 e. The summed E-state index contributed by atoms with van der Waals surface area (Å²) >= 11 is 1.67. The zero-order valence-electron chi connectivity index (χ0n) is 9.97. The van der Waals surface area contributed by atoms with Gasteiger partial charge in [-0.05, 0) is 37.2 Å². The van der Waals surface area contributed by atoms with Crippen molar-refractivity contribution < 1.29 is 0 Å². The minimum atomic E-state index is 0.902. The summed E-state index contributed by atoms with van der Waals surface area (Å²) in [7, 11) is 1.96. The van der Waals surface area contributed by atoms with Crippen molar-refractivity contribution in [3.8, 4) is 0 Å². The van der Waals surface area contributed by atoms with Crippen molar-refractivity contribution in [2.45, 2.75) is 23.4 Å². The summed E-state index contributed by atoms with van der Waals surface area (Å²) in [6, 6.07) is 8.42. The maximum atomic E-state index is 4.21. The van der Waals surface area contributed by atoms with Crippen LogP contribution in [0.25, 0.3) is 0 Å². The molecule has 0 aliphatic rings. The summed E-state index contributed by atoms with van der Waals surface area (Å²) in [5, 5.41) is 4.13. The Bertz CT molecular complexity index is 485. The molecule has 0 saturated heterocycles. The Balaban J connectivity index is 2.17. The molecule has 0 amide bonds. The fourth-order valence-electron chi connectivity index (χ4n) is 1.59. The smallest absolute Gasteiger partial charge is 0.116 e. The molecular formula is C13H15N3S. The van der Waals surface area contributed by atoms with Crippen LogP contribution >= 0.6 is 11.8 Å². The lowest BCUT2D eigenvalue weighted by atomic mass is 10.1. The number of hydrogen-bond acceptors (Lipinski definition) is 4. The van der Waals surface area contributed by atoms with Crippen LogP contribution in [0.2, 0.25) is 0 Å². The molecule has 0 fully saturated rings. The summed E-state index contributed by atoms with van der Waals surface area (Å²) in [5.74, 6) is 0. The van der Waals surface area contributed by atoms with Gasteiger partial charge < -0.3 is 5.32 Å². The molecule has 0 aliphatic carbocycles. The zero-order chi connectivity index (χ0) is 12.1. The van der Waals surface area contributed by atoms with Gasteiger partial charge in [-0.25, -0.2) is 9.97 Å². The second-order valence-electron chi connectivity index (χ2n) is 3.78. The lowest BCUT2D eigenvalue weighted by Gasteiger charge is -2.07. The third kappa shape index (κ3) is 3.28. The van der Waals surface area contributed by atoms with Crippen LogP contribution in [0, 0.1) is 6.92 Å². The van der Waals surface area contributed by atoms with Gasteiger partial charge in [-0.15, -0.1) is 0 Å². The normalized spacial score (nSPS) is 10.5. The molecule has 0 unspecified atom stereocenters. The van der Waals surface area contributed by atoms with Gasteiger partial charge in [0.2, 0.25) is 0 Å². The SMILES string of the molecule is CNCc1ccc(Sc2ccncn2)c(C)c1. The molecule has 2 rings (SSSR count). The number of nitrogens with one attached hydrogen (secondary N) is 1. The van der Waals surface area contributed by atoms with Crippen LogP contribution in [0.5, 0.6) is 0 Å². The monoisotopic (exact) mass is 245 g/mol. The van der Waals surface area contributed by atoms with Gasteiger partial charge in [-0.2, -0.15) is 0 Å². The number of aryl methyl sites for hydroxylation is 1. The van der Waals surface area contributed by atoms with Crippen molar-refractivity contribution in [2.24, 2.45) is 0 Å². The largest absolute Gasteiger partial charge is 0.316 e. The highest BCUT2D eigenvalue weighted by atomic mass is 32.2. The van der Waals surface area contributed by atoms with Crippen LogP contribution in [0.4, 0.5) is 0 Å². The first kappa shape index (κ1) is 12.1. The van der Waals surface area contributed by atoms with E-state index in [9.17, 15) is 0 Å². The standard InChI is InChI=1S/C13H15N3S/c1-10-7-11(8-14-2)3-4-12(10)17-13-5-6-15-9-16-13/h3-7,9,14H,8H2,1-2H3. The van der Waals surface area contributed by atoms with E-state index in [0.717, 1.165) is 11.6 Å². The van der Waals surface area contributed by atoms with Gasteiger partial charge >= 0.3 is 0 Å². The van der Waals surface area contributed by atoms with E-state index in [-0.39, 0.29) is 0 Å². The molecule has 0 aliphatic heterocycles. The molecule has 4 heteroatoms. The molecule has 1 heterocycles. The average molecular weight is 245 g/mol. The summed E-state index contributed by atoms with van der Waals surface area (Å²) in [5.41, 5.74) is 2.58. The van der Waals surface area contributed by atoms with Gasteiger partial charge in [0.05, 0.1) is 0 Å². The van der Waals surface area contributed by atoms with E-state index >= 15 is 0 Å². The third-order valence-corrected chi connectivity index (χ3v) is 3.52. The minimum absolute atomic E-state index is 0.902. The Labute approximate surface area is 106 Å². The molecule has 3 nitrogen and oxygen atoms in total. The van der Waals surface area contributed by atoms with Gasteiger partial charge in [-0.1, -0.05) is 23.9 Å². The maximum absolute atomic E-state index is 4.21. The van der Waals surface area contributed by atoms with Crippen molar-refractivity contribution in [1.82, 2.24) is 15.3 Å². The van der Waals surface area contributed by atoms with E-state index in [4.69, 9.17) is 0 Å². The minimum Gasteiger partial charge on any atom is -0.316 e.